The summed E-state index contributed by atoms with van der Waals surface area (Å²) >= 11 is 0. The molecule has 3 aromatic rings. The Labute approximate surface area is 259 Å². The van der Waals surface area contributed by atoms with E-state index in [1.807, 2.05) is 0 Å². The van der Waals surface area contributed by atoms with Gasteiger partial charge >= 0.3 is 0 Å². The van der Waals surface area contributed by atoms with Crippen LogP contribution in [0.15, 0.2) is 63.8 Å². The van der Waals surface area contributed by atoms with E-state index in [1.54, 1.807) is 58.0 Å². The number of carbonyl (C=O) groups is 4. The van der Waals surface area contributed by atoms with Crippen molar-refractivity contribution in [1.29, 1.82) is 0 Å². The molecule has 3 aromatic carbocycles. The zero-order valence-electron chi connectivity index (χ0n) is 25.6. The van der Waals surface area contributed by atoms with Crippen LogP contribution in [0.3, 0.4) is 0 Å². The average molecular weight is 609 g/mol. The number of para-hydroxylation sites is 1. The van der Waals surface area contributed by atoms with E-state index in [1.165, 1.54) is 13.8 Å². The first-order valence-electron chi connectivity index (χ1n) is 14.4. The number of phenolic OH excluding ortho intramolecular Hbond substituents is 4. The lowest BCUT2D eigenvalue weighted by Gasteiger charge is -2.29. The molecule has 0 atom stereocenters. The van der Waals surface area contributed by atoms with Crippen LogP contribution in [0.4, 0.5) is 5.69 Å². The van der Waals surface area contributed by atoms with Gasteiger partial charge in [0.05, 0.1) is 17.5 Å². The van der Waals surface area contributed by atoms with E-state index in [2.05, 4.69) is 10.5 Å². The lowest BCUT2D eigenvalue weighted by molar-refractivity contribution is 0.0951. The molecule has 0 fully saturated rings. The number of phenols is 4. The van der Waals surface area contributed by atoms with Crippen LogP contribution in [0.2, 0.25) is 0 Å². The summed E-state index contributed by atoms with van der Waals surface area (Å²) in [4.78, 5) is 56.5. The van der Waals surface area contributed by atoms with Gasteiger partial charge in [0, 0.05) is 55.7 Å². The minimum Gasteiger partial charge on any atom is -0.504 e. The van der Waals surface area contributed by atoms with Crippen LogP contribution < -0.4 is 5.43 Å². The second-order valence-electron chi connectivity index (χ2n) is 11.7. The Morgan fingerprint density at radius 3 is 1.78 bits per heavy atom. The molecule has 2 aliphatic rings. The number of benzene rings is 3. The molecule has 0 saturated heterocycles. The molecule has 10 heteroatoms. The number of anilines is 1. The number of hydrogen-bond acceptors (Lipinski definition) is 10. The van der Waals surface area contributed by atoms with Crippen molar-refractivity contribution in [3.8, 4) is 23.0 Å². The lowest BCUT2D eigenvalue weighted by Crippen LogP contribution is -2.31. The van der Waals surface area contributed by atoms with Gasteiger partial charge in [-0.05, 0) is 43.9 Å². The van der Waals surface area contributed by atoms with Crippen molar-refractivity contribution in [2.45, 2.75) is 53.4 Å². The number of aromatic hydroxyl groups is 4. The number of fused-ring (bicyclic) bond motifs is 2. The fraction of sp³-hybridized carbons (Fsp3) is 0.229. The average Bonchev–Trinajstić information content (AvgIpc) is 2.99. The predicted octanol–water partition coefficient (Wildman–Crippen LogP) is 6.29. The van der Waals surface area contributed by atoms with Crippen molar-refractivity contribution < 1.29 is 39.6 Å². The highest BCUT2D eigenvalue weighted by molar-refractivity contribution is 6.38. The summed E-state index contributed by atoms with van der Waals surface area (Å²) in [5.41, 5.74) is 1.64. The summed E-state index contributed by atoms with van der Waals surface area (Å²) in [5.74, 6) is -6.25. The molecule has 0 aliphatic heterocycles. The van der Waals surface area contributed by atoms with E-state index in [-0.39, 0.29) is 61.2 Å². The van der Waals surface area contributed by atoms with E-state index in [9.17, 15) is 39.6 Å². The number of nitrogens with one attached hydrogen (secondary N) is 1. The van der Waals surface area contributed by atoms with E-state index in [4.69, 9.17) is 0 Å². The second kappa shape index (κ2) is 11.2. The van der Waals surface area contributed by atoms with Crippen LogP contribution in [0, 0.1) is 0 Å². The van der Waals surface area contributed by atoms with Gasteiger partial charge in [-0.15, -0.1) is 0 Å². The Balaban J connectivity index is 1.76. The van der Waals surface area contributed by atoms with E-state index in [0.29, 0.717) is 5.69 Å². The topological polar surface area (TPSA) is 174 Å². The molecule has 0 saturated carbocycles. The number of allylic oxidation sites excluding steroid dienone is 4. The zero-order chi connectivity index (χ0) is 33.1. The summed E-state index contributed by atoms with van der Waals surface area (Å²) < 4.78 is 0. The minimum atomic E-state index is -0.827. The number of rotatable bonds is 6. The molecule has 0 amide bonds. The number of hydrogen-bond donors (Lipinski definition) is 5. The van der Waals surface area contributed by atoms with E-state index in [0.717, 1.165) is 12.3 Å². The molecule has 10 nitrogen and oxygen atoms in total. The van der Waals surface area contributed by atoms with Crippen molar-refractivity contribution in [2.24, 2.45) is 5.10 Å². The Morgan fingerprint density at radius 2 is 1.20 bits per heavy atom. The number of Topliss-reactive ketones (excluding diaryl/α,β-unsaturated/α-hetero) is 4. The van der Waals surface area contributed by atoms with Gasteiger partial charge in [-0.3, -0.25) is 24.6 Å². The smallest absolute Gasteiger partial charge is 0.195 e. The summed E-state index contributed by atoms with van der Waals surface area (Å²) in [7, 11) is 0. The highest BCUT2D eigenvalue weighted by Gasteiger charge is 2.44. The van der Waals surface area contributed by atoms with Crippen molar-refractivity contribution in [2.75, 3.05) is 5.43 Å². The number of nitrogens with zero attached hydrogens (tertiary/aromatic N) is 1. The van der Waals surface area contributed by atoms with Crippen LogP contribution in [0.5, 0.6) is 23.0 Å². The third kappa shape index (κ3) is 4.69. The van der Waals surface area contributed by atoms with Gasteiger partial charge in [0.25, 0.3) is 0 Å². The molecule has 5 rings (SSSR count). The Kier molecular flexibility index (Phi) is 7.70. The maximum atomic E-state index is 14.5. The fourth-order valence-electron chi connectivity index (χ4n) is 6.07. The SMILES string of the molecule is CC1=C(C2=C(C)C(=O)c3c(c(/C=N/Nc4ccccc4)c(O)c(O)c3C(C)C)C2=O)C(=O)c2cc(O)c(O)c(C(C)C)c2C1=O. The largest absolute Gasteiger partial charge is 0.504 e. The first kappa shape index (κ1) is 30.9. The Bertz CT molecular complexity index is 1950. The van der Waals surface area contributed by atoms with Crippen LogP contribution in [0.1, 0.15) is 112 Å². The summed E-state index contributed by atoms with van der Waals surface area (Å²) in [6, 6.07) is 9.78. The molecular weight excluding hydrogens is 576 g/mol. The van der Waals surface area contributed by atoms with Crippen molar-refractivity contribution >= 4 is 35.0 Å². The van der Waals surface area contributed by atoms with Gasteiger partial charge < -0.3 is 20.4 Å². The zero-order valence-corrected chi connectivity index (χ0v) is 25.6. The molecule has 5 N–H and O–H groups in total. The maximum absolute atomic E-state index is 14.5. The molecular formula is C35H32N2O8. The van der Waals surface area contributed by atoms with Crippen molar-refractivity contribution in [3.05, 3.63) is 97.6 Å². The van der Waals surface area contributed by atoms with Crippen LogP contribution in [-0.2, 0) is 0 Å². The van der Waals surface area contributed by atoms with Gasteiger partial charge in [0.1, 0.15) is 0 Å². The third-order valence-corrected chi connectivity index (χ3v) is 8.22. The standard InChI is InChI=1S/C35H32N2O8/c1-14(2)22-26-19(12-21(38)33(22)43)31(41)24(16(5)29(26)39)25-17(6)30(40)28-23(15(3)4)35(45)32(42)20(27(28)34(25)44)13-36-37-18-10-8-7-9-11-18/h7-15,37-38,42-43,45H,1-6H3/b36-13+. The molecule has 0 spiro atoms. The highest BCUT2D eigenvalue weighted by atomic mass is 16.3. The normalized spacial score (nSPS) is 15.1. The maximum Gasteiger partial charge on any atom is 0.195 e. The molecule has 45 heavy (non-hydrogen) atoms. The summed E-state index contributed by atoms with van der Waals surface area (Å²) in [5, 5.41) is 47.3. The van der Waals surface area contributed by atoms with Crippen LogP contribution in [0.25, 0.3) is 0 Å². The molecule has 0 unspecified atom stereocenters. The third-order valence-electron chi connectivity index (χ3n) is 8.22. The number of ketones is 4. The quantitative estimate of drug-likeness (QED) is 0.122. The van der Waals surface area contributed by atoms with Gasteiger partial charge in [-0.2, -0.15) is 5.10 Å². The van der Waals surface area contributed by atoms with Crippen LogP contribution >= 0.6 is 0 Å². The summed E-state index contributed by atoms with van der Waals surface area (Å²) in [6.07, 6.45) is 1.11. The molecule has 0 heterocycles. The first-order valence-corrected chi connectivity index (χ1v) is 14.4. The first-order chi connectivity index (χ1) is 21.2. The molecule has 0 radical (unpaired) electrons. The van der Waals surface area contributed by atoms with Crippen molar-refractivity contribution in [1.82, 2.24) is 0 Å². The van der Waals surface area contributed by atoms with Crippen LogP contribution in [-0.4, -0.2) is 49.8 Å². The molecule has 230 valence electrons. The van der Waals surface area contributed by atoms with Gasteiger partial charge in [-0.25, -0.2) is 0 Å². The van der Waals surface area contributed by atoms with Gasteiger partial charge in [0.2, 0.25) is 0 Å². The van der Waals surface area contributed by atoms with Gasteiger partial charge in [0.15, 0.2) is 46.1 Å². The Hall–Kier alpha value is -5.51. The van der Waals surface area contributed by atoms with Crippen molar-refractivity contribution in [3.63, 3.8) is 0 Å². The Morgan fingerprint density at radius 1 is 0.667 bits per heavy atom. The second-order valence-corrected chi connectivity index (χ2v) is 11.7. The number of hydrazone groups is 1. The highest BCUT2D eigenvalue weighted by Crippen LogP contribution is 2.48. The monoisotopic (exact) mass is 608 g/mol. The molecule has 2 aliphatic carbocycles. The fourth-order valence-corrected chi connectivity index (χ4v) is 6.07. The number of carbonyl (C=O) groups excluding carboxylic acids is 4. The molecule has 0 bridgehead atoms. The summed E-state index contributed by atoms with van der Waals surface area (Å²) in [6.45, 7) is 9.48. The minimum absolute atomic E-state index is 0.0523. The van der Waals surface area contributed by atoms with Gasteiger partial charge in [-0.1, -0.05) is 45.9 Å². The van der Waals surface area contributed by atoms with E-state index < -0.39 is 58.0 Å². The van der Waals surface area contributed by atoms with E-state index >= 15 is 0 Å². The predicted molar refractivity (Wildman–Crippen MR) is 168 cm³/mol. The molecule has 0 aromatic heterocycles. The lowest BCUT2D eigenvalue weighted by atomic mass is 9.71.